The lowest BCUT2D eigenvalue weighted by atomic mass is 10.2. The number of halogens is 1. The molecule has 0 radical (unpaired) electrons. The summed E-state index contributed by atoms with van der Waals surface area (Å²) in [5.41, 5.74) is 1.67. The van der Waals surface area contributed by atoms with Crippen LogP contribution in [0.3, 0.4) is 0 Å². The maximum atomic E-state index is 12.7. The minimum atomic E-state index is -0.0958. The summed E-state index contributed by atoms with van der Waals surface area (Å²) in [5, 5.41) is 0.616. The quantitative estimate of drug-likeness (QED) is 0.600. The molecule has 0 aromatic heterocycles. The van der Waals surface area contributed by atoms with Crippen LogP contribution >= 0.6 is 23.4 Å². The molecular weight excluding hydrogens is 314 g/mol. The first-order chi connectivity index (χ1) is 10.7. The predicted molar refractivity (Wildman–Crippen MR) is 92.9 cm³/mol. The zero-order valence-corrected chi connectivity index (χ0v) is 13.2. The molecule has 1 amide bonds. The number of rotatable bonds is 2. The summed E-state index contributed by atoms with van der Waals surface area (Å²) in [4.78, 5) is 15.9. The van der Waals surface area contributed by atoms with Gasteiger partial charge in [0.05, 0.1) is 17.1 Å². The van der Waals surface area contributed by atoms with E-state index in [0.29, 0.717) is 9.93 Å². The van der Waals surface area contributed by atoms with Gasteiger partial charge in [-0.25, -0.2) is 0 Å². The van der Waals surface area contributed by atoms with Crippen molar-refractivity contribution in [1.82, 2.24) is 0 Å². The van der Waals surface area contributed by atoms with E-state index in [-0.39, 0.29) is 12.5 Å². The average molecular weight is 326 g/mol. The summed E-state index contributed by atoms with van der Waals surface area (Å²) < 4.78 is 0. The first kappa shape index (κ1) is 14.8. The molecule has 2 aromatic rings. The maximum Gasteiger partial charge on any atom is 0.265 e. The molecule has 108 valence electrons. The number of hydrogen-bond acceptors (Lipinski definition) is 2. The minimum absolute atomic E-state index is 0.0958. The van der Waals surface area contributed by atoms with E-state index in [4.69, 9.17) is 18.0 Å². The Morgan fingerprint density at radius 2 is 1.91 bits per heavy atom. The Balaban J connectivity index is 2.07. The number of benzene rings is 2. The Kier molecular flexibility index (Phi) is 4.24. The number of nitrogens with zero attached hydrogens (tertiary/aromatic N) is 1. The Morgan fingerprint density at radius 3 is 2.68 bits per heavy atom. The minimum Gasteiger partial charge on any atom is -0.295 e. The van der Waals surface area contributed by atoms with Crippen molar-refractivity contribution in [3.63, 3.8) is 0 Å². The summed E-state index contributed by atoms with van der Waals surface area (Å²) in [6.45, 7) is 0.246. The van der Waals surface area contributed by atoms with Crippen molar-refractivity contribution in [1.29, 1.82) is 0 Å². The third-order valence-corrected chi connectivity index (χ3v) is 4.69. The molecule has 0 bridgehead atoms. The van der Waals surface area contributed by atoms with Crippen LogP contribution in [0.25, 0.3) is 6.08 Å². The van der Waals surface area contributed by atoms with Crippen molar-refractivity contribution in [3.8, 4) is 12.3 Å². The molecule has 1 aliphatic heterocycles. The molecule has 2 nitrogen and oxygen atoms in total. The molecule has 0 saturated carbocycles. The second-order valence-electron chi connectivity index (χ2n) is 4.70. The summed E-state index contributed by atoms with van der Waals surface area (Å²) in [7, 11) is 0. The molecule has 3 rings (SSSR count). The standard InChI is InChI=1S/C18H12ClNOS/c1-2-11-20-15-9-5-6-10-16(15)22-17(18(20)21)12-13-7-3-4-8-14(13)19/h1,3-10,12H,11H2/b17-12-. The third kappa shape index (κ3) is 2.76. The summed E-state index contributed by atoms with van der Waals surface area (Å²) in [6.07, 6.45) is 7.22. The number of fused-ring (bicyclic) bond motifs is 1. The van der Waals surface area contributed by atoms with Crippen molar-refractivity contribution in [3.05, 3.63) is 64.0 Å². The lowest BCUT2D eigenvalue weighted by molar-refractivity contribution is -0.114. The molecule has 4 heteroatoms. The van der Waals surface area contributed by atoms with E-state index in [9.17, 15) is 4.79 Å². The molecule has 2 aromatic carbocycles. The fourth-order valence-electron chi connectivity index (χ4n) is 2.24. The van der Waals surface area contributed by atoms with Gasteiger partial charge in [-0.2, -0.15) is 0 Å². The van der Waals surface area contributed by atoms with Gasteiger partial charge in [-0.1, -0.05) is 59.6 Å². The Hall–Kier alpha value is -2.15. The van der Waals surface area contributed by atoms with Gasteiger partial charge in [0.1, 0.15) is 0 Å². The summed E-state index contributed by atoms with van der Waals surface area (Å²) >= 11 is 7.62. The van der Waals surface area contributed by atoms with Crippen LogP contribution in [0.2, 0.25) is 5.02 Å². The first-order valence-corrected chi connectivity index (χ1v) is 7.88. The molecule has 0 fully saturated rings. The van der Waals surface area contributed by atoms with Gasteiger partial charge >= 0.3 is 0 Å². The van der Waals surface area contributed by atoms with E-state index in [1.807, 2.05) is 48.5 Å². The van der Waals surface area contributed by atoms with Gasteiger partial charge in [0.25, 0.3) is 5.91 Å². The van der Waals surface area contributed by atoms with Crippen LogP contribution in [0.15, 0.2) is 58.3 Å². The van der Waals surface area contributed by atoms with Gasteiger partial charge in [0.15, 0.2) is 0 Å². The zero-order chi connectivity index (χ0) is 15.5. The van der Waals surface area contributed by atoms with E-state index in [1.165, 1.54) is 11.8 Å². The van der Waals surface area contributed by atoms with E-state index < -0.39 is 0 Å². The number of carbonyl (C=O) groups excluding carboxylic acids is 1. The molecule has 0 N–H and O–H groups in total. The van der Waals surface area contributed by atoms with Crippen LogP contribution in [0.1, 0.15) is 5.56 Å². The second-order valence-corrected chi connectivity index (χ2v) is 6.19. The van der Waals surface area contributed by atoms with E-state index in [0.717, 1.165) is 16.1 Å². The summed E-state index contributed by atoms with van der Waals surface area (Å²) in [5.74, 6) is 2.45. The molecule has 0 spiro atoms. The van der Waals surface area contributed by atoms with Crippen molar-refractivity contribution < 1.29 is 4.79 Å². The molecule has 0 saturated heterocycles. The highest BCUT2D eigenvalue weighted by Crippen LogP contribution is 2.42. The Morgan fingerprint density at radius 1 is 1.18 bits per heavy atom. The lowest BCUT2D eigenvalue weighted by Crippen LogP contribution is -2.34. The third-order valence-electron chi connectivity index (χ3n) is 3.27. The molecular formula is C18H12ClNOS. The largest absolute Gasteiger partial charge is 0.295 e. The molecule has 0 unspecified atom stereocenters. The monoisotopic (exact) mass is 325 g/mol. The number of thioether (sulfide) groups is 1. The van der Waals surface area contributed by atoms with Gasteiger partial charge in [0.2, 0.25) is 0 Å². The number of carbonyl (C=O) groups is 1. The van der Waals surface area contributed by atoms with Crippen molar-refractivity contribution >= 4 is 41.0 Å². The average Bonchev–Trinajstić information content (AvgIpc) is 2.53. The number of para-hydroxylation sites is 1. The first-order valence-electron chi connectivity index (χ1n) is 6.69. The number of terminal acetylenes is 1. The smallest absolute Gasteiger partial charge is 0.265 e. The van der Waals surface area contributed by atoms with Gasteiger partial charge in [0, 0.05) is 9.92 Å². The highest BCUT2D eigenvalue weighted by Gasteiger charge is 2.28. The van der Waals surface area contributed by atoms with E-state index in [1.54, 1.807) is 11.0 Å². The van der Waals surface area contributed by atoms with Crippen LogP contribution in [-0.4, -0.2) is 12.5 Å². The molecule has 22 heavy (non-hydrogen) atoms. The van der Waals surface area contributed by atoms with E-state index >= 15 is 0 Å². The number of amides is 1. The van der Waals surface area contributed by atoms with Crippen LogP contribution in [0, 0.1) is 12.3 Å². The Labute approximate surface area is 138 Å². The van der Waals surface area contributed by atoms with Crippen LogP contribution in [0.4, 0.5) is 5.69 Å². The van der Waals surface area contributed by atoms with Crippen molar-refractivity contribution in [2.24, 2.45) is 0 Å². The van der Waals surface area contributed by atoms with Gasteiger partial charge in [-0.3, -0.25) is 9.69 Å². The normalized spacial score (nSPS) is 15.5. The van der Waals surface area contributed by atoms with Gasteiger partial charge in [-0.15, -0.1) is 6.42 Å². The summed E-state index contributed by atoms with van der Waals surface area (Å²) in [6, 6.07) is 15.2. The lowest BCUT2D eigenvalue weighted by Gasteiger charge is -2.28. The maximum absolute atomic E-state index is 12.7. The second kappa shape index (κ2) is 6.31. The number of hydrogen-bond donors (Lipinski definition) is 0. The van der Waals surface area contributed by atoms with Crippen molar-refractivity contribution in [2.45, 2.75) is 4.90 Å². The van der Waals surface area contributed by atoms with Crippen LogP contribution < -0.4 is 4.90 Å². The molecule has 1 aliphatic rings. The van der Waals surface area contributed by atoms with Gasteiger partial charge in [-0.05, 0) is 29.8 Å². The SMILES string of the molecule is C#CCN1C(=O)/C(=C/c2ccccc2Cl)Sc2ccccc21. The fourth-order valence-corrected chi connectivity index (χ4v) is 3.48. The number of anilines is 1. The highest BCUT2D eigenvalue weighted by atomic mass is 35.5. The highest BCUT2D eigenvalue weighted by molar-refractivity contribution is 8.04. The molecule has 0 atom stereocenters. The van der Waals surface area contributed by atoms with Crippen LogP contribution in [0.5, 0.6) is 0 Å². The van der Waals surface area contributed by atoms with Crippen LogP contribution in [-0.2, 0) is 4.79 Å². The van der Waals surface area contributed by atoms with Crippen molar-refractivity contribution in [2.75, 3.05) is 11.4 Å². The zero-order valence-electron chi connectivity index (χ0n) is 11.6. The molecule has 0 aliphatic carbocycles. The molecule has 1 heterocycles. The Bertz CT molecular complexity index is 807. The van der Waals surface area contributed by atoms with Gasteiger partial charge < -0.3 is 0 Å². The predicted octanol–water partition coefficient (Wildman–Crippen LogP) is 4.45. The topological polar surface area (TPSA) is 20.3 Å². The van der Waals surface area contributed by atoms with E-state index in [2.05, 4.69) is 5.92 Å². The fraction of sp³-hybridized carbons (Fsp3) is 0.0556.